The number of rotatable bonds is 7. The lowest BCUT2D eigenvalue weighted by atomic mass is 10.1. The summed E-state index contributed by atoms with van der Waals surface area (Å²) in [6.07, 6.45) is 0.429. The molecule has 0 radical (unpaired) electrons. The van der Waals surface area contributed by atoms with Crippen molar-refractivity contribution in [3.63, 3.8) is 0 Å². The van der Waals surface area contributed by atoms with E-state index in [0.717, 1.165) is 5.56 Å². The first-order chi connectivity index (χ1) is 12.8. The van der Waals surface area contributed by atoms with Crippen molar-refractivity contribution in [2.24, 2.45) is 0 Å². The van der Waals surface area contributed by atoms with E-state index in [1.807, 2.05) is 6.07 Å². The minimum Gasteiger partial charge on any atom is -0.493 e. The highest BCUT2D eigenvalue weighted by Gasteiger charge is 2.20. The number of aromatic nitrogens is 1. The fourth-order valence-electron chi connectivity index (χ4n) is 2.60. The van der Waals surface area contributed by atoms with Crippen molar-refractivity contribution >= 4 is 32.7 Å². The normalized spacial score (nSPS) is 11.7. The van der Waals surface area contributed by atoms with Gasteiger partial charge in [0.25, 0.3) is 0 Å². The van der Waals surface area contributed by atoms with Crippen LogP contribution >= 0.6 is 11.6 Å². The number of H-pyrrole nitrogens is 1. The van der Waals surface area contributed by atoms with Gasteiger partial charge < -0.3 is 13.9 Å². The van der Waals surface area contributed by atoms with E-state index in [9.17, 15) is 13.2 Å². The van der Waals surface area contributed by atoms with Gasteiger partial charge in [0, 0.05) is 12.6 Å². The molecule has 0 bridgehead atoms. The van der Waals surface area contributed by atoms with E-state index in [0.29, 0.717) is 23.4 Å². The van der Waals surface area contributed by atoms with E-state index in [-0.39, 0.29) is 22.0 Å². The van der Waals surface area contributed by atoms with Crippen molar-refractivity contribution in [2.75, 3.05) is 20.8 Å². The molecule has 0 fully saturated rings. The molecular formula is C17H17ClN2O6S. The van der Waals surface area contributed by atoms with Crippen LogP contribution in [-0.4, -0.2) is 34.2 Å². The first-order valence-electron chi connectivity index (χ1n) is 7.87. The van der Waals surface area contributed by atoms with Crippen LogP contribution in [0, 0.1) is 0 Å². The van der Waals surface area contributed by atoms with Crippen LogP contribution in [0.1, 0.15) is 5.56 Å². The molecule has 0 unspecified atom stereocenters. The number of halogens is 1. The number of oxazole rings is 1. The first kappa shape index (κ1) is 19.3. The van der Waals surface area contributed by atoms with E-state index in [2.05, 4.69) is 9.71 Å². The van der Waals surface area contributed by atoms with E-state index >= 15 is 0 Å². The molecule has 27 heavy (non-hydrogen) atoms. The minimum atomic E-state index is -3.89. The first-order valence-corrected chi connectivity index (χ1v) is 9.73. The zero-order valence-electron chi connectivity index (χ0n) is 14.5. The second kappa shape index (κ2) is 7.63. The second-order valence-electron chi connectivity index (χ2n) is 5.63. The van der Waals surface area contributed by atoms with Crippen LogP contribution in [0.3, 0.4) is 0 Å². The predicted octanol–water partition coefficient (Wildman–Crippen LogP) is 2.31. The summed E-state index contributed by atoms with van der Waals surface area (Å²) in [6.45, 7) is 0.142. The molecule has 2 N–H and O–H groups in total. The topological polar surface area (TPSA) is 111 Å². The van der Waals surface area contributed by atoms with Crippen LogP contribution in [0.2, 0.25) is 5.02 Å². The predicted molar refractivity (Wildman–Crippen MR) is 100 cm³/mol. The fraction of sp³-hybridized carbons (Fsp3) is 0.235. The molecule has 0 aliphatic heterocycles. The maximum absolute atomic E-state index is 12.5. The summed E-state index contributed by atoms with van der Waals surface area (Å²) < 4.78 is 42.9. The zero-order chi connectivity index (χ0) is 19.6. The highest BCUT2D eigenvalue weighted by Crippen LogP contribution is 2.28. The summed E-state index contributed by atoms with van der Waals surface area (Å²) in [5.41, 5.74) is 1.31. The molecule has 8 nitrogen and oxygen atoms in total. The Morgan fingerprint density at radius 3 is 2.59 bits per heavy atom. The summed E-state index contributed by atoms with van der Waals surface area (Å²) in [7, 11) is -0.816. The number of hydrogen-bond donors (Lipinski definition) is 2. The summed E-state index contributed by atoms with van der Waals surface area (Å²) >= 11 is 6.05. The third-order valence-electron chi connectivity index (χ3n) is 3.92. The van der Waals surface area contributed by atoms with Crippen molar-refractivity contribution in [2.45, 2.75) is 11.3 Å². The summed E-state index contributed by atoms with van der Waals surface area (Å²) in [5.74, 6) is 0.473. The van der Waals surface area contributed by atoms with E-state index in [1.165, 1.54) is 19.2 Å². The molecule has 1 aromatic heterocycles. The van der Waals surface area contributed by atoms with Crippen molar-refractivity contribution in [1.82, 2.24) is 9.71 Å². The number of hydrogen-bond acceptors (Lipinski definition) is 6. The van der Waals surface area contributed by atoms with Gasteiger partial charge in [-0.1, -0.05) is 17.7 Å². The van der Waals surface area contributed by atoms with Gasteiger partial charge in [-0.25, -0.2) is 17.9 Å². The zero-order valence-corrected chi connectivity index (χ0v) is 16.1. The number of aromatic amines is 1. The number of nitrogens with one attached hydrogen (secondary N) is 2. The van der Waals surface area contributed by atoms with E-state index < -0.39 is 15.8 Å². The molecule has 10 heteroatoms. The molecule has 0 spiro atoms. The van der Waals surface area contributed by atoms with Gasteiger partial charge in [0.05, 0.1) is 24.8 Å². The SMILES string of the molecule is COc1ccc(CCNS(=O)(=O)c2cc3oc(=O)[nH]c3cc2Cl)cc1OC. The molecule has 0 aliphatic rings. The average Bonchev–Trinajstić information content (AvgIpc) is 2.99. The van der Waals surface area contributed by atoms with Crippen molar-refractivity contribution in [3.05, 3.63) is 51.5 Å². The third kappa shape index (κ3) is 4.10. The monoisotopic (exact) mass is 412 g/mol. The molecule has 2 aromatic carbocycles. The molecule has 0 saturated carbocycles. The Balaban J connectivity index is 1.75. The van der Waals surface area contributed by atoms with Gasteiger partial charge in [0.2, 0.25) is 10.0 Å². The molecule has 144 valence electrons. The molecule has 0 amide bonds. The second-order valence-corrected chi connectivity index (χ2v) is 7.77. The maximum Gasteiger partial charge on any atom is 0.417 e. The van der Waals surface area contributed by atoms with E-state index in [1.54, 1.807) is 19.2 Å². The van der Waals surface area contributed by atoms with Crippen molar-refractivity contribution in [1.29, 1.82) is 0 Å². The molecule has 0 saturated heterocycles. The average molecular weight is 413 g/mol. The molecule has 3 aromatic rings. The van der Waals surface area contributed by atoms with Gasteiger partial charge in [-0.2, -0.15) is 0 Å². The van der Waals surface area contributed by atoms with Crippen LogP contribution in [0.4, 0.5) is 0 Å². The van der Waals surface area contributed by atoms with Gasteiger partial charge in [0.1, 0.15) is 4.90 Å². The number of methoxy groups -OCH3 is 2. The van der Waals surface area contributed by atoms with E-state index in [4.69, 9.17) is 25.5 Å². The maximum atomic E-state index is 12.5. The van der Waals surface area contributed by atoms with Gasteiger partial charge in [-0.05, 0) is 30.2 Å². The summed E-state index contributed by atoms with van der Waals surface area (Å²) in [4.78, 5) is 13.5. The minimum absolute atomic E-state index is 0.0156. The lowest BCUT2D eigenvalue weighted by Crippen LogP contribution is -2.26. The standard InChI is InChI=1S/C17H17ClN2O6S/c1-24-13-4-3-10(7-15(13)25-2)5-6-19-27(22,23)16-9-14-12(8-11(16)18)20-17(21)26-14/h3-4,7-9,19H,5-6H2,1-2H3,(H,20,21). The van der Waals surface area contributed by atoms with Crippen LogP contribution in [0.15, 0.2) is 44.4 Å². The molecule has 0 atom stereocenters. The number of sulfonamides is 1. The molecule has 0 aliphatic carbocycles. The Hall–Kier alpha value is -2.49. The largest absolute Gasteiger partial charge is 0.493 e. The lowest BCUT2D eigenvalue weighted by Gasteiger charge is -2.11. The van der Waals surface area contributed by atoms with Crippen LogP contribution in [0.25, 0.3) is 11.1 Å². The van der Waals surface area contributed by atoms with Crippen LogP contribution < -0.4 is 20.0 Å². The third-order valence-corrected chi connectivity index (χ3v) is 5.84. The Bertz CT molecular complexity index is 1140. The Labute approximate surface area is 160 Å². The van der Waals surface area contributed by atoms with Crippen molar-refractivity contribution in [3.8, 4) is 11.5 Å². The quantitative estimate of drug-likeness (QED) is 0.616. The van der Waals surface area contributed by atoms with Crippen molar-refractivity contribution < 1.29 is 22.3 Å². The molecule has 3 rings (SSSR count). The Morgan fingerprint density at radius 2 is 1.89 bits per heavy atom. The highest BCUT2D eigenvalue weighted by molar-refractivity contribution is 7.89. The summed E-state index contributed by atoms with van der Waals surface area (Å²) in [5, 5.41) is -0.0156. The summed E-state index contributed by atoms with van der Waals surface area (Å²) in [6, 6.07) is 7.91. The Morgan fingerprint density at radius 1 is 1.15 bits per heavy atom. The van der Waals surface area contributed by atoms with Gasteiger partial charge in [-0.3, -0.25) is 4.98 Å². The van der Waals surface area contributed by atoms with Crippen LogP contribution in [0.5, 0.6) is 11.5 Å². The fourth-order valence-corrected chi connectivity index (χ4v) is 4.17. The van der Waals surface area contributed by atoms with Crippen LogP contribution in [-0.2, 0) is 16.4 Å². The highest BCUT2D eigenvalue weighted by atomic mass is 35.5. The molecular weight excluding hydrogens is 396 g/mol. The Kier molecular flexibility index (Phi) is 5.45. The van der Waals surface area contributed by atoms with Gasteiger partial charge in [0.15, 0.2) is 17.1 Å². The number of ether oxygens (including phenoxy) is 2. The molecule has 1 heterocycles. The smallest absolute Gasteiger partial charge is 0.417 e. The van der Waals surface area contributed by atoms with Gasteiger partial charge >= 0.3 is 5.76 Å². The van der Waals surface area contributed by atoms with Gasteiger partial charge in [-0.15, -0.1) is 0 Å². The number of fused-ring (bicyclic) bond motifs is 1. The lowest BCUT2D eigenvalue weighted by molar-refractivity contribution is 0.354. The number of benzene rings is 2.